The Labute approximate surface area is 178 Å². The smallest absolute Gasteiger partial charge is 0.215 e. The van der Waals surface area contributed by atoms with E-state index in [4.69, 9.17) is 4.98 Å². The number of hydrogen-bond donors (Lipinski definition) is 2. The molecule has 144 valence electrons. The Balaban J connectivity index is 0.00000131. The van der Waals surface area contributed by atoms with Gasteiger partial charge < -0.3 is 19.7 Å². The predicted molar refractivity (Wildman–Crippen MR) is 119 cm³/mol. The van der Waals surface area contributed by atoms with Crippen LogP contribution in [0.4, 0.5) is 0 Å². The summed E-state index contributed by atoms with van der Waals surface area (Å²) >= 11 is 0. The first-order chi connectivity index (χ1) is 12.0. The van der Waals surface area contributed by atoms with Crippen molar-refractivity contribution >= 4 is 50.8 Å². The molecule has 0 atom stereocenters. The number of nitrogens with zero attached hydrogens (tertiary/aromatic N) is 4. The average molecular weight is 498 g/mol. The molecular formula is C19H22Br2N4O2. The van der Waals surface area contributed by atoms with Crippen LogP contribution in [0.25, 0.3) is 28.1 Å². The number of benzene rings is 2. The quantitative estimate of drug-likeness (QED) is 0.417. The van der Waals surface area contributed by atoms with Crippen LogP contribution in [0.1, 0.15) is 0 Å². The lowest BCUT2D eigenvalue weighted by Crippen LogP contribution is -2.18. The van der Waals surface area contributed by atoms with Crippen LogP contribution in [-0.2, 0) is 6.54 Å². The number of aromatic nitrogens is 3. The number of aromatic hydroxyl groups is 2. The lowest BCUT2D eigenvalue weighted by Gasteiger charge is -2.10. The molecule has 2 aromatic carbocycles. The van der Waals surface area contributed by atoms with E-state index >= 15 is 0 Å². The van der Waals surface area contributed by atoms with Crippen molar-refractivity contribution in [1.29, 1.82) is 0 Å². The van der Waals surface area contributed by atoms with Gasteiger partial charge in [-0.15, -0.1) is 34.0 Å². The number of para-hydroxylation sites is 2. The van der Waals surface area contributed by atoms with E-state index in [1.54, 1.807) is 6.07 Å². The van der Waals surface area contributed by atoms with Gasteiger partial charge in [0, 0.05) is 24.8 Å². The topological polar surface area (TPSA) is 65.9 Å². The third kappa shape index (κ3) is 3.83. The Hall–Kier alpha value is -2.03. The molecule has 0 bridgehead atoms. The summed E-state index contributed by atoms with van der Waals surface area (Å²) in [4.78, 5) is 6.93. The highest BCUT2D eigenvalue weighted by atomic mass is 79.9. The molecule has 0 aliphatic carbocycles. The summed E-state index contributed by atoms with van der Waals surface area (Å²) in [6.07, 6.45) is 1.97. The minimum absolute atomic E-state index is 0. The monoisotopic (exact) mass is 496 g/mol. The lowest BCUT2D eigenvalue weighted by molar-refractivity contribution is 0.388. The molecule has 4 aromatic rings. The first-order valence-corrected chi connectivity index (χ1v) is 8.18. The fourth-order valence-corrected chi connectivity index (χ4v) is 3.08. The van der Waals surface area contributed by atoms with E-state index in [1.807, 2.05) is 18.3 Å². The summed E-state index contributed by atoms with van der Waals surface area (Å²) in [5, 5.41) is 19.3. The molecule has 0 aliphatic rings. The minimum Gasteiger partial charge on any atom is -0.504 e. The zero-order valence-corrected chi connectivity index (χ0v) is 18.5. The van der Waals surface area contributed by atoms with Gasteiger partial charge >= 0.3 is 0 Å². The number of halogens is 2. The Bertz CT molecular complexity index is 1070. The van der Waals surface area contributed by atoms with Gasteiger partial charge in [-0.2, -0.15) is 0 Å². The van der Waals surface area contributed by atoms with E-state index in [0.29, 0.717) is 0 Å². The summed E-state index contributed by atoms with van der Waals surface area (Å²) in [6.45, 7) is 1.75. The van der Waals surface area contributed by atoms with Gasteiger partial charge in [-0.3, -0.25) is 4.40 Å². The van der Waals surface area contributed by atoms with Gasteiger partial charge in [0.2, 0.25) is 5.78 Å². The molecule has 27 heavy (non-hydrogen) atoms. The van der Waals surface area contributed by atoms with Crippen molar-refractivity contribution in [3.63, 3.8) is 0 Å². The van der Waals surface area contributed by atoms with Crippen molar-refractivity contribution in [2.24, 2.45) is 0 Å². The van der Waals surface area contributed by atoms with Crippen LogP contribution in [0.15, 0.2) is 48.7 Å². The molecule has 8 heteroatoms. The second kappa shape index (κ2) is 8.33. The average Bonchev–Trinajstić information content (AvgIpc) is 3.13. The van der Waals surface area contributed by atoms with Crippen LogP contribution in [0.3, 0.4) is 0 Å². The van der Waals surface area contributed by atoms with Gasteiger partial charge in [-0.1, -0.05) is 12.1 Å². The Morgan fingerprint density at radius 2 is 1.67 bits per heavy atom. The molecule has 4 rings (SSSR count). The molecule has 2 N–H and O–H groups in total. The van der Waals surface area contributed by atoms with Crippen LogP contribution in [0, 0.1) is 0 Å². The molecule has 6 nitrogen and oxygen atoms in total. The normalized spacial score (nSPS) is 10.9. The number of hydrogen-bond acceptors (Lipinski definition) is 4. The first-order valence-electron chi connectivity index (χ1n) is 8.18. The zero-order chi connectivity index (χ0) is 17.6. The SMILES string of the molecule is Br.Br.CN(C)CCn1c2ccccc2n2cc(-c3ccc(O)c(O)c3)nc12. The summed E-state index contributed by atoms with van der Waals surface area (Å²) in [5.74, 6) is 0.592. The third-order valence-electron chi connectivity index (χ3n) is 4.40. The molecular weight excluding hydrogens is 476 g/mol. The van der Waals surface area contributed by atoms with E-state index in [1.165, 1.54) is 12.1 Å². The summed E-state index contributed by atoms with van der Waals surface area (Å²) in [7, 11) is 4.11. The van der Waals surface area contributed by atoms with Gasteiger partial charge in [0.1, 0.15) is 0 Å². The number of likely N-dealkylation sites (N-methyl/N-ethyl adjacent to an activating group) is 1. The van der Waals surface area contributed by atoms with Crippen LogP contribution in [0.2, 0.25) is 0 Å². The zero-order valence-electron chi connectivity index (χ0n) is 15.0. The van der Waals surface area contributed by atoms with Crippen molar-refractivity contribution in [2.75, 3.05) is 20.6 Å². The summed E-state index contributed by atoms with van der Waals surface area (Å²) < 4.78 is 4.28. The van der Waals surface area contributed by atoms with E-state index in [0.717, 1.165) is 41.2 Å². The Morgan fingerprint density at radius 1 is 0.963 bits per heavy atom. The van der Waals surface area contributed by atoms with E-state index < -0.39 is 0 Å². The van der Waals surface area contributed by atoms with Crippen molar-refractivity contribution in [2.45, 2.75) is 6.54 Å². The largest absolute Gasteiger partial charge is 0.504 e. The maximum atomic E-state index is 9.76. The van der Waals surface area contributed by atoms with Gasteiger partial charge in [-0.05, 0) is 44.4 Å². The van der Waals surface area contributed by atoms with Crippen molar-refractivity contribution in [3.05, 3.63) is 48.7 Å². The summed E-state index contributed by atoms with van der Waals surface area (Å²) in [6, 6.07) is 13.0. The molecule has 2 aromatic heterocycles. The number of rotatable bonds is 4. The number of imidazole rings is 2. The van der Waals surface area contributed by atoms with Crippen LogP contribution < -0.4 is 0 Å². The number of fused-ring (bicyclic) bond motifs is 3. The fraction of sp³-hybridized carbons (Fsp3) is 0.211. The number of phenols is 2. The van der Waals surface area contributed by atoms with Crippen molar-refractivity contribution in [3.8, 4) is 22.8 Å². The van der Waals surface area contributed by atoms with Gasteiger partial charge in [0.05, 0.1) is 16.7 Å². The second-order valence-electron chi connectivity index (χ2n) is 6.44. The molecule has 0 aliphatic heterocycles. The summed E-state index contributed by atoms with van der Waals surface area (Å²) in [5.41, 5.74) is 3.77. The highest BCUT2D eigenvalue weighted by Gasteiger charge is 2.15. The van der Waals surface area contributed by atoms with E-state index in [2.05, 4.69) is 40.1 Å². The highest BCUT2D eigenvalue weighted by molar-refractivity contribution is 8.93. The third-order valence-corrected chi connectivity index (χ3v) is 4.40. The molecule has 0 fully saturated rings. The number of phenolic OH excluding ortho intramolecular Hbond substituents is 2. The predicted octanol–water partition coefficient (Wildman–Crippen LogP) is 4.08. The standard InChI is InChI=1S/C19H20N4O2.2BrH/c1-21(2)9-10-22-15-5-3-4-6-16(15)23-12-14(20-19(22)23)13-7-8-17(24)18(25)11-13;;/h3-8,11-12,24-25H,9-10H2,1-2H3;2*1H. The van der Waals surface area contributed by atoms with Gasteiger partial charge in [-0.25, -0.2) is 4.98 Å². The molecule has 0 radical (unpaired) electrons. The maximum absolute atomic E-state index is 9.76. The van der Waals surface area contributed by atoms with Crippen molar-refractivity contribution in [1.82, 2.24) is 18.9 Å². The molecule has 0 spiro atoms. The Morgan fingerprint density at radius 3 is 2.33 bits per heavy atom. The van der Waals surface area contributed by atoms with Crippen LogP contribution >= 0.6 is 34.0 Å². The fourth-order valence-electron chi connectivity index (χ4n) is 3.08. The van der Waals surface area contributed by atoms with E-state index in [-0.39, 0.29) is 45.5 Å². The van der Waals surface area contributed by atoms with E-state index in [9.17, 15) is 10.2 Å². The first kappa shape index (κ1) is 21.3. The van der Waals surface area contributed by atoms with Gasteiger partial charge in [0.25, 0.3) is 0 Å². The van der Waals surface area contributed by atoms with Crippen LogP contribution in [0.5, 0.6) is 11.5 Å². The molecule has 0 saturated heterocycles. The molecule has 0 unspecified atom stereocenters. The molecule has 0 amide bonds. The maximum Gasteiger partial charge on any atom is 0.215 e. The van der Waals surface area contributed by atoms with Crippen molar-refractivity contribution < 1.29 is 10.2 Å². The minimum atomic E-state index is -0.143. The second-order valence-corrected chi connectivity index (χ2v) is 6.44. The van der Waals surface area contributed by atoms with Crippen LogP contribution in [-0.4, -0.2) is 49.7 Å². The highest BCUT2D eigenvalue weighted by Crippen LogP contribution is 2.31. The molecule has 2 heterocycles. The van der Waals surface area contributed by atoms with Gasteiger partial charge in [0.15, 0.2) is 11.5 Å². The Kier molecular flexibility index (Phi) is 6.56. The molecule has 0 saturated carbocycles. The lowest BCUT2D eigenvalue weighted by atomic mass is 10.1.